The van der Waals surface area contributed by atoms with E-state index in [0.29, 0.717) is 17.3 Å². The van der Waals surface area contributed by atoms with Crippen LogP contribution in [0.2, 0.25) is 0 Å². The van der Waals surface area contributed by atoms with Crippen molar-refractivity contribution in [1.29, 1.82) is 0 Å². The average molecular weight is 218 g/mol. The van der Waals surface area contributed by atoms with Crippen LogP contribution >= 0.6 is 0 Å². The van der Waals surface area contributed by atoms with Gasteiger partial charge in [-0.2, -0.15) is 0 Å². The highest BCUT2D eigenvalue weighted by Crippen LogP contribution is 2.26. The van der Waals surface area contributed by atoms with E-state index in [1.807, 2.05) is 12.1 Å². The molecule has 0 saturated heterocycles. The Morgan fingerprint density at radius 2 is 2.00 bits per heavy atom. The van der Waals surface area contributed by atoms with Gasteiger partial charge >= 0.3 is 5.63 Å². The van der Waals surface area contributed by atoms with Crippen molar-refractivity contribution in [2.75, 3.05) is 7.11 Å². The molecular formula is C13H14O3. The maximum atomic E-state index is 11.4. The summed E-state index contributed by atoms with van der Waals surface area (Å²) in [4.78, 5) is 11.4. The van der Waals surface area contributed by atoms with Gasteiger partial charge in [0.2, 0.25) is 0 Å². The number of benzene rings is 1. The SMILES string of the molecule is COc1ccc2c(C(C)C)cc(=O)oc2c1. The van der Waals surface area contributed by atoms with E-state index in [0.717, 1.165) is 10.9 Å². The van der Waals surface area contributed by atoms with Gasteiger partial charge in [0.15, 0.2) is 0 Å². The van der Waals surface area contributed by atoms with Crippen LogP contribution in [0.1, 0.15) is 25.3 Å². The van der Waals surface area contributed by atoms with Crippen molar-refractivity contribution < 1.29 is 9.15 Å². The molecule has 16 heavy (non-hydrogen) atoms. The van der Waals surface area contributed by atoms with Gasteiger partial charge in [0, 0.05) is 17.5 Å². The fourth-order valence-corrected chi connectivity index (χ4v) is 1.77. The van der Waals surface area contributed by atoms with Crippen LogP contribution in [-0.2, 0) is 0 Å². The second-order valence-corrected chi connectivity index (χ2v) is 4.04. The highest BCUT2D eigenvalue weighted by Gasteiger charge is 2.09. The summed E-state index contributed by atoms with van der Waals surface area (Å²) in [5.41, 5.74) is 1.27. The van der Waals surface area contributed by atoms with Gasteiger partial charge in [-0.3, -0.25) is 0 Å². The Bertz CT molecular complexity index is 567. The standard InChI is InChI=1S/C13H14O3/c1-8(2)11-7-13(14)16-12-6-9(15-3)4-5-10(11)12/h4-8H,1-3H3. The number of methoxy groups -OCH3 is 1. The summed E-state index contributed by atoms with van der Waals surface area (Å²) in [6, 6.07) is 7.09. The van der Waals surface area contributed by atoms with Crippen LogP contribution < -0.4 is 10.4 Å². The molecule has 0 amide bonds. The molecule has 2 rings (SSSR count). The first-order valence-electron chi connectivity index (χ1n) is 5.23. The Kier molecular flexibility index (Phi) is 2.69. The molecular weight excluding hydrogens is 204 g/mol. The van der Waals surface area contributed by atoms with Gasteiger partial charge in [-0.05, 0) is 23.6 Å². The summed E-state index contributed by atoms with van der Waals surface area (Å²) in [7, 11) is 1.59. The third-order valence-electron chi connectivity index (χ3n) is 2.61. The largest absolute Gasteiger partial charge is 0.497 e. The Labute approximate surface area is 93.7 Å². The highest BCUT2D eigenvalue weighted by atomic mass is 16.5. The van der Waals surface area contributed by atoms with E-state index in [-0.39, 0.29) is 5.63 Å². The van der Waals surface area contributed by atoms with Gasteiger partial charge < -0.3 is 9.15 Å². The molecule has 3 nitrogen and oxygen atoms in total. The van der Waals surface area contributed by atoms with E-state index >= 15 is 0 Å². The summed E-state index contributed by atoms with van der Waals surface area (Å²) in [6.07, 6.45) is 0. The van der Waals surface area contributed by atoms with E-state index in [9.17, 15) is 4.79 Å². The second-order valence-electron chi connectivity index (χ2n) is 4.04. The molecule has 0 fully saturated rings. The van der Waals surface area contributed by atoms with E-state index in [2.05, 4.69) is 13.8 Å². The van der Waals surface area contributed by atoms with Crippen molar-refractivity contribution in [1.82, 2.24) is 0 Å². The predicted molar refractivity (Wildman–Crippen MR) is 63.1 cm³/mol. The molecule has 3 heteroatoms. The molecule has 0 radical (unpaired) electrons. The lowest BCUT2D eigenvalue weighted by molar-refractivity contribution is 0.414. The zero-order valence-corrected chi connectivity index (χ0v) is 9.61. The van der Waals surface area contributed by atoms with E-state index in [1.54, 1.807) is 19.2 Å². The van der Waals surface area contributed by atoms with E-state index in [4.69, 9.17) is 9.15 Å². The molecule has 0 saturated carbocycles. The van der Waals surface area contributed by atoms with Gasteiger partial charge in [-0.15, -0.1) is 0 Å². The molecule has 1 heterocycles. The maximum Gasteiger partial charge on any atom is 0.336 e. The highest BCUT2D eigenvalue weighted by molar-refractivity contribution is 5.82. The lowest BCUT2D eigenvalue weighted by Gasteiger charge is -2.09. The number of ether oxygens (including phenoxy) is 1. The normalized spacial score (nSPS) is 11.0. The molecule has 84 valence electrons. The second kappa shape index (κ2) is 4.00. The number of hydrogen-bond acceptors (Lipinski definition) is 3. The third-order valence-corrected chi connectivity index (χ3v) is 2.61. The van der Waals surface area contributed by atoms with Crippen LogP contribution in [0.5, 0.6) is 5.75 Å². The number of fused-ring (bicyclic) bond motifs is 1. The zero-order valence-electron chi connectivity index (χ0n) is 9.61. The van der Waals surface area contributed by atoms with Crippen molar-refractivity contribution in [3.8, 4) is 5.75 Å². The van der Waals surface area contributed by atoms with Crippen LogP contribution in [0, 0.1) is 0 Å². The molecule has 0 unspecified atom stereocenters. The predicted octanol–water partition coefficient (Wildman–Crippen LogP) is 2.93. The first kappa shape index (κ1) is 10.7. The minimum atomic E-state index is -0.315. The molecule has 1 aromatic heterocycles. The average Bonchev–Trinajstić information content (AvgIpc) is 2.26. The van der Waals surface area contributed by atoms with Gasteiger partial charge in [0.05, 0.1) is 7.11 Å². The van der Waals surface area contributed by atoms with Gasteiger partial charge in [-0.25, -0.2) is 4.79 Å². The smallest absolute Gasteiger partial charge is 0.336 e. The first-order valence-corrected chi connectivity index (χ1v) is 5.23. The molecule has 0 bridgehead atoms. The monoisotopic (exact) mass is 218 g/mol. The molecule has 0 aliphatic carbocycles. The number of hydrogen-bond donors (Lipinski definition) is 0. The molecule has 0 spiro atoms. The fourth-order valence-electron chi connectivity index (χ4n) is 1.77. The first-order chi connectivity index (χ1) is 7.61. The molecule has 0 atom stereocenters. The molecule has 0 N–H and O–H groups in total. The molecule has 2 aromatic rings. The van der Waals surface area contributed by atoms with Crippen LogP contribution in [-0.4, -0.2) is 7.11 Å². The van der Waals surface area contributed by atoms with E-state index in [1.165, 1.54) is 0 Å². The van der Waals surface area contributed by atoms with Gasteiger partial charge in [0.25, 0.3) is 0 Å². The van der Waals surface area contributed by atoms with Crippen molar-refractivity contribution in [3.63, 3.8) is 0 Å². The van der Waals surface area contributed by atoms with Crippen molar-refractivity contribution in [2.24, 2.45) is 0 Å². The Hall–Kier alpha value is -1.77. The Morgan fingerprint density at radius 1 is 1.25 bits per heavy atom. The van der Waals surface area contributed by atoms with Gasteiger partial charge in [0.1, 0.15) is 11.3 Å². The maximum absolute atomic E-state index is 11.4. The lowest BCUT2D eigenvalue weighted by atomic mass is 10.00. The Balaban J connectivity index is 2.78. The third kappa shape index (κ3) is 1.81. The topological polar surface area (TPSA) is 39.4 Å². The van der Waals surface area contributed by atoms with Crippen molar-refractivity contribution >= 4 is 11.0 Å². The Morgan fingerprint density at radius 3 is 2.62 bits per heavy atom. The summed E-state index contributed by atoms with van der Waals surface area (Å²) >= 11 is 0. The summed E-state index contributed by atoms with van der Waals surface area (Å²) in [5, 5.41) is 0.968. The number of rotatable bonds is 2. The van der Waals surface area contributed by atoms with Gasteiger partial charge in [-0.1, -0.05) is 13.8 Å². The van der Waals surface area contributed by atoms with Crippen LogP contribution in [0.15, 0.2) is 33.5 Å². The quantitative estimate of drug-likeness (QED) is 0.727. The molecule has 0 aliphatic rings. The minimum Gasteiger partial charge on any atom is -0.497 e. The van der Waals surface area contributed by atoms with Crippen molar-refractivity contribution in [3.05, 3.63) is 40.2 Å². The zero-order chi connectivity index (χ0) is 11.7. The molecule has 0 aliphatic heterocycles. The van der Waals surface area contributed by atoms with Crippen molar-refractivity contribution in [2.45, 2.75) is 19.8 Å². The van der Waals surface area contributed by atoms with Crippen LogP contribution in [0.3, 0.4) is 0 Å². The fraction of sp³-hybridized carbons (Fsp3) is 0.308. The van der Waals surface area contributed by atoms with E-state index < -0.39 is 0 Å². The summed E-state index contributed by atoms with van der Waals surface area (Å²) < 4.78 is 10.3. The van der Waals surface area contributed by atoms with Crippen LogP contribution in [0.25, 0.3) is 11.0 Å². The lowest BCUT2D eigenvalue weighted by Crippen LogP contribution is -2.02. The summed E-state index contributed by atoms with van der Waals surface area (Å²) in [5.74, 6) is 0.983. The molecule has 1 aromatic carbocycles. The van der Waals surface area contributed by atoms with Crippen LogP contribution in [0.4, 0.5) is 0 Å². The minimum absolute atomic E-state index is 0.292. The summed E-state index contributed by atoms with van der Waals surface area (Å²) in [6.45, 7) is 4.11.